The Morgan fingerprint density at radius 2 is 2.14 bits per heavy atom. The summed E-state index contributed by atoms with van der Waals surface area (Å²) in [4.78, 5) is 14.4. The molecule has 2 N–H and O–H groups in total. The highest BCUT2D eigenvalue weighted by atomic mass is 19.1. The molecule has 3 nitrogen and oxygen atoms in total. The summed E-state index contributed by atoms with van der Waals surface area (Å²) in [5.74, 6) is 0.0753. The summed E-state index contributed by atoms with van der Waals surface area (Å²) in [5, 5.41) is 0. The van der Waals surface area contributed by atoms with Crippen molar-refractivity contribution < 1.29 is 9.18 Å². The van der Waals surface area contributed by atoms with Crippen LogP contribution >= 0.6 is 0 Å². The van der Waals surface area contributed by atoms with Crippen molar-refractivity contribution in [1.82, 2.24) is 4.98 Å². The molecule has 1 heterocycles. The highest BCUT2D eigenvalue weighted by molar-refractivity contribution is 5.82. The molecule has 0 saturated heterocycles. The fourth-order valence-corrected chi connectivity index (χ4v) is 1.34. The number of aldehydes is 1. The smallest absolute Gasteiger partial charge is 0.153 e. The van der Waals surface area contributed by atoms with E-state index < -0.39 is 5.67 Å². The number of alkyl halides is 1. The third kappa shape index (κ3) is 1.89. The molecule has 0 spiro atoms. The highest BCUT2D eigenvalue weighted by Gasteiger charge is 2.24. The normalized spacial score (nSPS) is 11.4. The summed E-state index contributed by atoms with van der Waals surface area (Å²) in [5.41, 5.74) is 5.16. The second-order valence-corrected chi connectivity index (χ2v) is 3.72. The molecule has 1 aromatic heterocycles. The highest BCUT2D eigenvalue weighted by Crippen LogP contribution is 2.27. The van der Waals surface area contributed by atoms with Gasteiger partial charge in [-0.2, -0.15) is 0 Å². The van der Waals surface area contributed by atoms with Crippen LogP contribution in [-0.2, 0) is 5.67 Å². The molecule has 0 aliphatic carbocycles. The van der Waals surface area contributed by atoms with Crippen molar-refractivity contribution in [2.75, 3.05) is 5.73 Å². The number of rotatable bonds is 2. The number of nitrogens with zero attached hydrogens (tertiary/aromatic N) is 1. The number of halogens is 1. The van der Waals surface area contributed by atoms with Gasteiger partial charge in [0.25, 0.3) is 0 Å². The van der Waals surface area contributed by atoms with E-state index in [4.69, 9.17) is 5.73 Å². The van der Waals surface area contributed by atoms with Crippen LogP contribution in [0.2, 0.25) is 0 Å². The van der Waals surface area contributed by atoms with Crippen LogP contribution in [0.5, 0.6) is 0 Å². The molecule has 0 radical (unpaired) electrons. The van der Waals surface area contributed by atoms with Gasteiger partial charge in [-0.1, -0.05) is 0 Å². The first-order valence-electron chi connectivity index (χ1n) is 4.28. The average Bonchev–Trinajstić information content (AvgIpc) is 2.06. The van der Waals surface area contributed by atoms with Gasteiger partial charge in [-0.3, -0.25) is 4.79 Å². The molecule has 0 saturated carbocycles. The molecule has 4 heteroatoms. The standard InChI is InChI=1S/C10H13FN2O/c1-6-4-7(5-14)9(12)13-8(6)10(2,3)11/h4-5H,1-3H3,(H2,12,13). The third-order valence-corrected chi connectivity index (χ3v) is 1.96. The van der Waals surface area contributed by atoms with Gasteiger partial charge in [-0.05, 0) is 32.4 Å². The van der Waals surface area contributed by atoms with Gasteiger partial charge in [-0.25, -0.2) is 9.37 Å². The van der Waals surface area contributed by atoms with Crippen molar-refractivity contribution >= 4 is 12.1 Å². The van der Waals surface area contributed by atoms with Crippen molar-refractivity contribution in [2.45, 2.75) is 26.4 Å². The van der Waals surface area contributed by atoms with Crippen molar-refractivity contribution in [3.05, 3.63) is 22.9 Å². The lowest BCUT2D eigenvalue weighted by molar-refractivity contribution is 0.112. The van der Waals surface area contributed by atoms with Crippen LogP contribution in [0.15, 0.2) is 6.07 Å². The lowest BCUT2D eigenvalue weighted by Crippen LogP contribution is -2.15. The van der Waals surface area contributed by atoms with Crippen molar-refractivity contribution in [1.29, 1.82) is 0 Å². The van der Waals surface area contributed by atoms with Crippen molar-refractivity contribution in [2.24, 2.45) is 0 Å². The number of aromatic nitrogens is 1. The Bertz CT molecular complexity index is 369. The maximum absolute atomic E-state index is 13.6. The molecule has 0 amide bonds. The van der Waals surface area contributed by atoms with E-state index in [2.05, 4.69) is 4.98 Å². The molecule has 76 valence electrons. The van der Waals surface area contributed by atoms with Gasteiger partial charge in [0.1, 0.15) is 11.5 Å². The van der Waals surface area contributed by atoms with E-state index >= 15 is 0 Å². The Morgan fingerprint density at radius 1 is 1.57 bits per heavy atom. The lowest BCUT2D eigenvalue weighted by atomic mass is 10.0. The van der Waals surface area contributed by atoms with Crippen LogP contribution in [0.3, 0.4) is 0 Å². The predicted octanol–water partition coefficient (Wildman–Crippen LogP) is 1.99. The van der Waals surface area contributed by atoms with Crippen LogP contribution in [0.25, 0.3) is 0 Å². The fourth-order valence-electron chi connectivity index (χ4n) is 1.34. The van der Waals surface area contributed by atoms with Gasteiger partial charge in [0, 0.05) is 0 Å². The Labute approximate surface area is 82.1 Å². The number of anilines is 1. The molecule has 14 heavy (non-hydrogen) atoms. The number of aryl methyl sites for hydroxylation is 1. The first kappa shape index (κ1) is 10.6. The van der Waals surface area contributed by atoms with E-state index in [1.165, 1.54) is 13.8 Å². The van der Waals surface area contributed by atoms with E-state index in [0.717, 1.165) is 0 Å². The minimum atomic E-state index is -1.54. The molecule has 1 aromatic rings. The zero-order chi connectivity index (χ0) is 10.9. The average molecular weight is 196 g/mol. The predicted molar refractivity (Wildman–Crippen MR) is 52.9 cm³/mol. The Morgan fingerprint density at radius 3 is 2.57 bits per heavy atom. The molecule has 0 unspecified atom stereocenters. The van der Waals surface area contributed by atoms with E-state index in [1.54, 1.807) is 13.0 Å². The lowest BCUT2D eigenvalue weighted by Gasteiger charge is -2.17. The van der Waals surface area contributed by atoms with Crippen LogP contribution < -0.4 is 5.73 Å². The van der Waals surface area contributed by atoms with E-state index in [0.29, 0.717) is 17.4 Å². The second-order valence-electron chi connectivity index (χ2n) is 3.72. The van der Waals surface area contributed by atoms with Gasteiger partial charge in [0.15, 0.2) is 6.29 Å². The van der Waals surface area contributed by atoms with Gasteiger partial charge < -0.3 is 5.73 Å². The summed E-state index contributed by atoms with van der Waals surface area (Å²) in [6, 6.07) is 1.55. The molecule has 0 aromatic carbocycles. The maximum atomic E-state index is 13.6. The summed E-state index contributed by atoms with van der Waals surface area (Å²) in [7, 11) is 0. The number of carbonyl (C=O) groups is 1. The Kier molecular flexibility index (Phi) is 2.55. The molecule has 0 aliphatic rings. The van der Waals surface area contributed by atoms with Crippen LogP contribution in [0.4, 0.5) is 10.2 Å². The van der Waals surface area contributed by atoms with E-state index in [-0.39, 0.29) is 11.5 Å². The first-order valence-corrected chi connectivity index (χ1v) is 4.28. The molecule has 0 aliphatic heterocycles. The minimum absolute atomic E-state index is 0.0753. The summed E-state index contributed by atoms with van der Waals surface area (Å²) >= 11 is 0. The number of hydrogen-bond donors (Lipinski definition) is 1. The molecule has 1 rings (SSSR count). The number of nitrogen functional groups attached to an aromatic ring is 1. The molecule has 0 bridgehead atoms. The largest absolute Gasteiger partial charge is 0.383 e. The number of nitrogens with two attached hydrogens (primary N) is 1. The third-order valence-electron chi connectivity index (χ3n) is 1.96. The summed E-state index contributed by atoms with van der Waals surface area (Å²) < 4.78 is 13.6. The zero-order valence-corrected chi connectivity index (χ0v) is 8.47. The second kappa shape index (κ2) is 3.36. The topological polar surface area (TPSA) is 56.0 Å². The number of pyridine rings is 1. The molecule has 0 atom stereocenters. The maximum Gasteiger partial charge on any atom is 0.153 e. The number of hydrogen-bond acceptors (Lipinski definition) is 3. The quantitative estimate of drug-likeness (QED) is 0.736. The molecule has 0 fully saturated rings. The SMILES string of the molecule is Cc1cc(C=O)c(N)nc1C(C)(C)F. The van der Waals surface area contributed by atoms with Gasteiger partial charge in [0.05, 0.1) is 11.3 Å². The summed E-state index contributed by atoms with van der Waals surface area (Å²) in [6.07, 6.45) is 0.615. The van der Waals surface area contributed by atoms with Crippen molar-refractivity contribution in [3.63, 3.8) is 0 Å². The van der Waals surface area contributed by atoms with Crippen molar-refractivity contribution in [3.8, 4) is 0 Å². The molecular weight excluding hydrogens is 183 g/mol. The fraction of sp³-hybridized carbons (Fsp3) is 0.400. The van der Waals surface area contributed by atoms with Crippen LogP contribution in [-0.4, -0.2) is 11.3 Å². The van der Waals surface area contributed by atoms with E-state index in [1.807, 2.05) is 0 Å². The van der Waals surface area contributed by atoms with Gasteiger partial charge in [0.2, 0.25) is 0 Å². The monoisotopic (exact) mass is 196 g/mol. The Hall–Kier alpha value is -1.45. The van der Waals surface area contributed by atoms with Crippen LogP contribution in [0, 0.1) is 6.92 Å². The minimum Gasteiger partial charge on any atom is -0.383 e. The van der Waals surface area contributed by atoms with E-state index in [9.17, 15) is 9.18 Å². The van der Waals surface area contributed by atoms with Gasteiger partial charge >= 0.3 is 0 Å². The van der Waals surface area contributed by atoms with Crippen LogP contribution in [0.1, 0.15) is 35.5 Å². The zero-order valence-electron chi connectivity index (χ0n) is 8.47. The first-order chi connectivity index (χ1) is 6.36. The van der Waals surface area contributed by atoms with Gasteiger partial charge in [-0.15, -0.1) is 0 Å². The molecular formula is C10H13FN2O. The Balaban J connectivity index is 3.36. The summed E-state index contributed by atoms with van der Waals surface area (Å²) in [6.45, 7) is 4.51. The number of carbonyl (C=O) groups excluding carboxylic acids is 1.